The molecule has 0 radical (unpaired) electrons. The third-order valence-corrected chi connectivity index (χ3v) is 3.82. The molecule has 1 rings (SSSR count). The van der Waals surface area contributed by atoms with Gasteiger partial charge < -0.3 is 5.11 Å². The molecule has 1 aromatic heterocycles. The second kappa shape index (κ2) is 4.25. The highest BCUT2D eigenvalue weighted by molar-refractivity contribution is 9.10. The summed E-state index contributed by atoms with van der Waals surface area (Å²) in [5.41, 5.74) is 0. The van der Waals surface area contributed by atoms with Crippen molar-refractivity contribution >= 4 is 44.8 Å². The fourth-order valence-electron chi connectivity index (χ4n) is 0.745. The van der Waals surface area contributed by atoms with Crippen molar-refractivity contribution in [3.63, 3.8) is 0 Å². The molecular formula is C7H6BrClO2S. The first-order valence-electron chi connectivity index (χ1n) is 3.25. The molecule has 5 heteroatoms. The van der Waals surface area contributed by atoms with E-state index in [-0.39, 0.29) is 6.42 Å². The minimum absolute atomic E-state index is 0.156. The van der Waals surface area contributed by atoms with E-state index in [0.717, 1.165) is 9.35 Å². The van der Waals surface area contributed by atoms with E-state index in [1.807, 2.05) is 6.07 Å². The highest BCUT2D eigenvalue weighted by Crippen LogP contribution is 2.32. The van der Waals surface area contributed by atoms with Gasteiger partial charge in [-0.3, -0.25) is 4.79 Å². The van der Waals surface area contributed by atoms with Gasteiger partial charge >= 0.3 is 5.97 Å². The molecule has 0 saturated heterocycles. The normalized spacial score (nSPS) is 10.2. The van der Waals surface area contributed by atoms with E-state index >= 15 is 0 Å². The Kier molecular flexibility index (Phi) is 3.55. The number of rotatable bonds is 3. The molecule has 0 aliphatic carbocycles. The molecule has 0 unspecified atom stereocenters. The minimum Gasteiger partial charge on any atom is -0.481 e. The summed E-state index contributed by atoms with van der Waals surface area (Å²) in [6.45, 7) is 0. The quantitative estimate of drug-likeness (QED) is 0.915. The van der Waals surface area contributed by atoms with Crippen LogP contribution in [0, 0.1) is 0 Å². The Morgan fingerprint density at radius 3 is 2.83 bits per heavy atom. The number of hydrogen-bond donors (Lipinski definition) is 1. The second-order valence-corrected chi connectivity index (χ2v) is 4.82. The van der Waals surface area contributed by atoms with Crippen molar-refractivity contribution in [3.8, 4) is 0 Å². The summed E-state index contributed by atoms with van der Waals surface area (Å²) in [7, 11) is 0. The van der Waals surface area contributed by atoms with Crippen molar-refractivity contribution in [1.29, 1.82) is 0 Å². The van der Waals surface area contributed by atoms with Gasteiger partial charge in [0, 0.05) is 9.35 Å². The third-order valence-electron chi connectivity index (χ3n) is 1.28. The van der Waals surface area contributed by atoms with E-state index in [2.05, 4.69) is 15.9 Å². The molecule has 0 aliphatic heterocycles. The van der Waals surface area contributed by atoms with Crippen LogP contribution in [0.15, 0.2) is 10.5 Å². The molecule has 1 aromatic rings. The van der Waals surface area contributed by atoms with Gasteiger partial charge in [0.05, 0.1) is 6.42 Å². The number of carboxylic acid groups (broad SMARTS) is 1. The first-order chi connectivity index (χ1) is 5.59. The molecule has 12 heavy (non-hydrogen) atoms. The summed E-state index contributed by atoms with van der Waals surface area (Å²) in [5, 5.41) is 8.41. The van der Waals surface area contributed by atoms with Crippen molar-refractivity contribution < 1.29 is 9.90 Å². The minimum atomic E-state index is -0.782. The van der Waals surface area contributed by atoms with Crippen molar-refractivity contribution in [2.75, 3.05) is 0 Å². The Morgan fingerprint density at radius 2 is 2.42 bits per heavy atom. The van der Waals surface area contributed by atoms with Crippen LogP contribution in [0.2, 0.25) is 4.34 Å². The molecule has 0 aromatic carbocycles. The molecule has 1 N–H and O–H groups in total. The maximum Gasteiger partial charge on any atom is 0.303 e. The van der Waals surface area contributed by atoms with Crippen LogP contribution in [0.4, 0.5) is 0 Å². The predicted molar refractivity (Wildman–Crippen MR) is 53.0 cm³/mol. The summed E-state index contributed by atoms with van der Waals surface area (Å²) in [5.74, 6) is -0.782. The fraction of sp³-hybridized carbons (Fsp3) is 0.286. The zero-order valence-electron chi connectivity index (χ0n) is 6.01. The maximum atomic E-state index is 10.2. The molecular weight excluding hydrogens is 263 g/mol. The van der Waals surface area contributed by atoms with Gasteiger partial charge in [-0.25, -0.2) is 0 Å². The van der Waals surface area contributed by atoms with Crippen LogP contribution in [0.1, 0.15) is 11.3 Å². The van der Waals surface area contributed by atoms with Crippen molar-refractivity contribution in [1.82, 2.24) is 0 Å². The van der Waals surface area contributed by atoms with Gasteiger partial charge in [-0.05, 0) is 28.4 Å². The van der Waals surface area contributed by atoms with Gasteiger partial charge in [0.25, 0.3) is 0 Å². The summed E-state index contributed by atoms with van der Waals surface area (Å²) in [6, 6.07) is 1.86. The largest absolute Gasteiger partial charge is 0.481 e. The molecule has 0 fully saturated rings. The van der Waals surface area contributed by atoms with E-state index in [4.69, 9.17) is 16.7 Å². The van der Waals surface area contributed by atoms with Gasteiger partial charge in [-0.15, -0.1) is 11.3 Å². The topological polar surface area (TPSA) is 37.3 Å². The van der Waals surface area contributed by atoms with E-state index in [9.17, 15) is 4.79 Å². The number of halogens is 2. The first-order valence-corrected chi connectivity index (χ1v) is 5.24. The van der Waals surface area contributed by atoms with Crippen LogP contribution in [-0.4, -0.2) is 11.1 Å². The Balaban J connectivity index is 2.58. The summed E-state index contributed by atoms with van der Waals surface area (Å²) >= 11 is 10.4. The average Bonchev–Trinajstić information content (AvgIpc) is 2.28. The van der Waals surface area contributed by atoms with Crippen LogP contribution >= 0.6 is 38.9 Å². The van der Waals surface area contributed by atoms with Crippen LogP contribution in [0.25, 0.3) is 0 Å². The Hall–Kier alpha value is -0.0600. The van der Waals surface area contributed by atoms with Crippen LogP contribution in [-0.2, 0) is 11.2 Å². The third kappa shape index (κ3) is 2.77. The van der Waals surface area contributed by atoms with Gasteiger partial charge in [0.1, 0.15) is 4.34 Å². The summed E-state index contributed by atoms with van der Waals surface area (Å²) < 4.78 is 1.52. The molecule has 0 atom stereocenters. The van der Waals surface area contributed by atoms with Crippen molar-refractivity contribution in [3.05, 3.63) is 19.8 Å². The highest BCUT2D eigenvalue weighted by Gasteiger charge is 2.05. The highest BCUT2D eigenvalue weighted by atomic mass is 79.9. The van der Waals surface area contributed by atoms with E-state index in [0.29, 0.717) is 10.8 Å². The molecule has 0 amide bonds. The number of carboxylic acids is 1. The predicted octanol–water partition coefficient (Wildman–Crippen LogP) is 3.18. The monoisotopic (exact) mass is 268 g/mol. The van der Waals surface area contributed by atoms with Gasteiger partial charge in [-0.2, -0.15) is 0 Å². The second-order valence-electron chi connectivity index (χ2n) is 2.23. The van der Waals surface area contributed by atoms with Crippen LogP contribution in [0.3, 0.4) is 0 Å². The number of hydrogen-bond acceptors (Lipinski definition) is 2. The average molecular weight is 270 g/mol. The van der Waals surface area contributed by atoms with Crippen LogP contribution in [0.5, 0.6) is 0 Å². The van der Waals surface area contributed by atoms with E-state index < -0.39 is 5.97 Å². The lowest BCUT2D eigenvalue weighted by atomic mass is 10.3. The van der Waals surface area contributed by atoms with Gasteiger partial charge in [-0.1, -0.05) is 11.6 Å². The molecule has 0 spiro atoms. The molecule has 0 bridgehead atoms. The lowest BCUT2D eigenvalue weighted by molar-refractivity contribution is -0.136. The van der Waals surface area contributed by atoms with E-state index in [1.54, 1.807) is 0 Å². The smallest absolute Gasteiger partial charge is 0.303 e. The van der Waals surface area contributed by atoms with Crippen molar-refractivity contribution in [2.45, 2.75) is 12.8 Å². The zero-order valence-corrected chi connectivity index (χ0v) is 9.17. The molecule has 2 nitrogen and oxygen atoms in total. The zero-order chi connectivity index (χ0) is 9.14. The number of carbonyl (C=O) groups is 1. The summed E-state index contributed by atoms with van der Waals surface area (Å²) in [6.07, 6.45) is 0.703. The molecule has 66 valence electrons. The lowest BCUT2D eigenvalue weighted by Crippen LogP contribution is -1.95. The molecule has 1 heterocycles. The molecule has 0 saturated carbocycles. The standard InChI is InChI=1S/C7H6BrClO2S/c8-5-3-4(12-7(5)9)1-2-6(10)11/h3H,1-2H2,(H,10,11). The lowest BCUT2D eigenvalue weighted by Gasteiger charge is -1.89. The Bertz CT molecular complexity index is 278. The molecule has 0 aliphatic rings. The first kappa shape index (κ1) is 10.0. The Labute approximate surface area is 87.3 Å². The number of thiophene rings is 1. The van der Waals surface area contributed by atoms with E-state index in [1.165, 1.54) is 11.3 Å². The SMILES string of the molecule is O=C(O)CCc1cc(Br)c(Cl)s1. The van der Waals surface area contributed by atoms with Crippen LogP contribution < -0.4 is 0 Å². The summed E-state index contributed by atoms with van der Waals surface area (Å²) in [4.78, 5) is 11.2. The Morgan fingerprint density at radius 1 is 1.75 bits per heavy atom. The van der Waals surface area contributed by atoms with Gasteiger partial charge in [0.2, 0.25) is 0 Å². The fourth-order valence-corrected chi connectivity index (χ4v) is 2.53. The number of aryl methyl sites for hydroxylation is 1. The van der Waals surface area contributed by atoms with Gasteiger partial charge in [0.15, 0.2) is 0 Å². The maximum absolute atomic E-state index is 10.2. The number of aliphatic carboxylic acids is 1. The van der Waals surface area contributed by atoms with Crippen molar-refractivity contribution in [2.24, 2.45) is 0 Å².